The van der Waals surface area contributed by atoms with Crippen LogP contribution < -0.4 is 0 Å². The zero-order chi connectivity index (χ0) is 14.8. The number of aliphatic carboxylic acids is 1. The minimum Gasteiger partial charge on any atom is -0.481 e. The van der Waals surface area contributed by atoms with Crippen LogP contribution in [0.25, 0.3) is 0 Å². The lowest BCUT2D eigenvalue weighted by Crippen LogP contribution is -2.33. The lowest BCUT2D eigenvalue weighted by molar-refractivity contribution is -0.188. The summed E-state index contributed by atoms with van der Waals surface area (Å²) in [7, 11) is 0. The van der Waals surface area contributed by atoms with E-state index in [4.69, 9.17) is 5.11 Å². The van der Waals surface area contributed by atoms with E-state index >= 15 is 0 Å². The summed E-state index contributed by atoms with van der Waals surface area (Å²) >= 11 is 0. The first kappa shape index (κ1) is 15.6. The fraction of sp³-hybridized carbons (Fsp3) is 0.929. The molecular weight excluding hydrogens is 271 g/mol. The lowest BCUT2D eigenvalue weighted by Gasteiger charge is -2.23. The number of hydrogen-bond acceptors (Lipinski definition) is 2. The number of hydrogen-bond donors (Lipinski definition) is 1. The molecule has 116 valence electrons. The second-order valence-corrected chi connectivity index (χ2v) is 6.17. The van der Waals surface area contributed by atoms with Gasteiger partial charge in [0.1, 0.15) is 0 Å². The molecular formula is C14H22F3NO2. The summed E-state index contributed by atoms with van der Waals surface area (Å²) in [5.41, 5.74) is 0. The average Bonchev–Trinajstić information content (AvgIpc) is 2.61. The van der Waals surface area contributed by atoms with Crippen LogP contribution in [0.4, 0.5) is 13.2 Å². The molecule has 0 unspecified atom stereocenters. The van der Waals surface area contributed by atoms with E-state index in [0.717, 1.165) is 25.7 Å². The number of carboxylic acids is 1. The van der Waals surface area contributed by atoms with E-state index in [1.54, 1.807) is 4.90 Å². The van der Waals surface area contributed by atoms with Gasteiger partial charge in [-0.3, -0.25) is 4.79 Å². The van der Waals surface area contributed by atoms with Crippen LogP contribution in [0.5, 0.6) is 0 Å². The van der Waals surface area contributed by atoms with Gasteiger partial charge in [0.05, 0.1) is 11.8 Å². The lowest BCUT2D eigenvalue weighted by atomic mass is 9.96. The molecule has 2 fully saturated rings. The Bertz CT molecular complexity index is 338. The van der Waals surface area contributed by atoms with E-state index in [0.29, 0.717) is 12.5 Å². The molecule has 0 spiro atoms. The van der Waals surface area contributed by atoms with Gasteiger partial charge in [0.15, 0.2) is 0 Å². The Balaban J connectivity index is 1.95. The standard InChI is InChI=1S/C14H22F3NO2/c15-14(16,17)12-9-18(8-11(12)13(19)20)7-10-5-3-1-2-4-6-10/h10-12H,1-9H2,(H,19,20)/t11-,12-/m1/s1. The smallest absolute Gasteiger partial charge is 0.393 e. The third-order valence-electron chi connectivity index (χ3n) is 4.62. The van der Waals surface area contributed by atoms with Crippen LogP contribution in [0.2, 0.25) is 0 Å². The largest absolute Gasteiger partial charge is 0.481 e. The molecule has 1 aliphatic heterocycles. The van der Waals surface area contributed by atoms with Crippen molar-refractivity contribution in [1.29, 1.82) is 0 Å². The SMILES string of the molecule is O=C(O)[C@@H]1CN(CC2CCCCCC2)C[C@H]1C(F)(F)F. The van der Waals surface area contributed by atoms with Crippen molar-refractivity contribution < 1.29 is 23.1 Å². The predicted molar refractivity (Wildman–Crippen MR) is 68.3 cm³/mol. The molecule has 1 heterocycles. The molecule has 1 saturated carbocycles. The van der Waals surface area contributed by atoms with Gasteiger partial charge < -0.3 is 10.0 Å². The van der Waals surface area contributed by atoms with Gasteiger partial charge >= 0.3 is 12.1 Å². The predicted octanol–water partition coefficient (Wildman–Crippen LogP) is 3.15. The minimum atomic E-state index is -4.42. The Morgan fingerprint density at radius 1 is 1.10 bits per heavy atom. The molecule has 20 heavy (non-hydrogen) atoms. The van der Waals surface area contributed by atoms with Gasteiger partial charge in [0.2, 0.25) is 0 Å². The van der Waals surface area contributed by atoms with Crippen molar-refractivity contribution in [2.75, 3.05) is 19.6 Å². The molecule has 0 amide bonds. The van der Waals surface area contributed by atoms with E-state index in [-0.39, 0.29) is 13.1 Å². The number of nitrogens with zero attached hydrogens (tertiary/aromatic N) is 1. The molecule has 0 radical (unpaired) electrons. The molecule has 3 nitrogen and oxygen atoms in total. The minimum absolute atomic E-state index is 0.0377. The van der Waals surface area contributed by atoms with Crippen LogP contribution in [0, 0.1) is 17.8 Å². The van der Waals surface area contributed by atoms with Crippen molar-refractivity contribution in [2.24, 2.45) is 17.8 Å². The number of alkyl halides is 3. The topological polar surface area (TPSA) is 40.5 Å². The van der Waals surface area contributed by atoms with E-state index in [1.165, 1.54) is 12.8 Å². The third-order valence-corrected chi connectivity index (χ3v) is 4.62. The molecule has 0 aromatic rings. The summed E-state index contributed by atoms with van der Waals surface area (Å²) in [5, 5.41) is 8.99. The molecule has 0 bridgehead atoms. The van der Waals surface area contributed by atoms with Gasteiger partial charge in [-0.2, -0.15) is 13.2 Å². The van der Waals surface area contributed by atoms with Gasteiger partial charge in [0.25, 0.3) is 0 Å². The highest BCUT2D eigenvalue weighted by molar-refractivity contribution is 5.71. The summed E-state index contributed by atoms with van der Waals surface area (Å²) < 4.78 is 38.7. The second-order valence-electron chi connectivity index (χ2n) is 6.17. The summed E-state index contributed by atoms with van der Waals surface area (Å²) in [6.07, 6.45) is 2.41. The first-order valence-corrected chi connectivity index (χ1v) is 7.40. The van der Waals surface area contributed by atoms with Crippen LogP contribution in [-0.2, 0) is 4.79 Å². The maximum atomic E-state index is 12.9. The van der Waals surface area contributed by atoms with Crippen molar-refractivity contribution in [3.8, 4) is 0 Å². The van der Waals surface area contributed by atoms with Crippen molar-refractivity contribution in [3.63, 3.8) is 0 Å². The number of likely N-dealkylation sites (tertiary alicyclic amines) is 1. The quantitative estimate of drug-likeness (QED) is 0.813. The van der Waals surface area contributed by atoms with Gasteiger partial charge in [-0.1, -0.05) is 25.7 Å². The first-order chi connectivity index (χ1) is 9.38. The van der Waals surface area contributed by atoms with Crippen molar-refractivity contribution in [3.05, 3.63) is 0 Å². The van der Waals surface area contributed by atoms with Crippen LogP contribution >= 0.6 is 0 Å². The maximum absolute atomic E-state index is 12.9. The highest BCUT2D eigenvalue weighted by Crippen LogP contribution is 2.38. The maximum Gasteiger partial charge on any atom is 0.393 e. The van der Waals surface area contributed by atoms with Crippen molar-refractivity contribution in [1.82, 2.24) is 4.90 Å². The number of rotatable bonds is 3. The zero-order valence-corrected chi connectivity index (χ0v) is 11.5. The van der Waals surface area contributed by atoms with Crippen LogP contribution in [0.3, 0.4) is 0 Å². The Labute approximate surface area is 117 Å². The summed E-state index contributed by atoms with van der Waals surface area (Å²) in [6.45, 7) is 0.503. The molecule has 2 aliphatic rings. The molecule has 6 heteroatoms. The highest BCUT2D eigenvalue weighted by Gasteiger charge is 2.52. The van der Waals surface area contributed by atoms with E-state index < -0.39 is 24.0 Å². The summed E-state index contributed by atoms with van der Waals surface area (Å²) in [5.74, 6) is -3.92. The van der Waals surface area contributed by atoms with Crippen molar-refractivity contribution in [2.45, 2.75) is 44.7 Å². The van der Waals surface area contributed by atoms with Gasteiger partial charge in [-0.05, 0) is 18.8 Å². The molecule has 2 rings (SSSR count). The fourth-order valence-electron chi connectivity index (χ4n) is 3.53. The fourth-order valence-corrected chi connectivity index (χ4v) is 3.53. The molecule has 1 saturated heterocycles. The Kier molecular flexibility index (Phi) is 4.94. The van der Waals surface area contributed by atoms with Gasteiger partial charge in [-0.15, -0.1) is 0 Å². The Morgan fingerprint density at radius 2 is 1.70 bits per heavy atom. The van der Waals surface area contributed by atoms with E-state index in [9.17, 15) is 18.0 Å². The molecule has 1 N–H and O–H groups in total. The number of halogens is 3. The van der Waals surface area contributed by atoms with Gasteiger partial charge in [-0.25, -0.2) is 0 Å². The van der Waals surface area contributed by atoms with Crippen LogP contribution in [0.15, 0.2) is 0 Å². The third kappa shape index (κ3) is 3.87. The molecule has 1 aliphatic carbocycles. The average molecular weight is 293 g/mol. The number of carbonyl (C=O) groups is 1. The summed E-state index contributed by atoms with van der Waals surface area (Å²) in [4.78, 5) is 12.7. The molecule has 0 aromatic carbocycles. The number of carboxylic acid groups (broad SMARTS) is 1. The van der Waals surface area contributed by atoms with Crippen molar-refractivity contribution >= 4 is 5.97 Å². The van der Waals surface area contributed by atoms with E-state index in [1.807, 2.05) is 0 Å². The van der Waals surface area contributed by atoms with Crippen LogP contribution in [0.1, 0.15) is 38.5 Å². The second kappa shape index (κ2) is 6.33. The normalized spacial score (nSPS) is 30.4. The summed E-state index contributed by atoms with van der Waals surface area (Å²) in [6, 6.07) is 0. The van der Waals surface area contributed by atoms with Crippen LogP contribution in [-0.4, -0.2) is 41.8 Å². The van der Waals surface area contributed by atoms with Gasteiger partial charge in [0, 0.05) is 19.6 Å². The highest BCUT2D eigenvalue weighted by atomic mass is 19.4. The zero-order valence-electron chi connectivity index (χ0n) is 11.5. The monoisotopic (exact) mass is 293 g/mol. The Hall–Kier alpha value is -0.780. The molecule has 0 aromatic heterocycles. The van der Waals surface area contributed by atoms with E-state index in [2.05, 4.69) is 0 Å². The first-order valence-electron chi connectivity index (χ1n) is 7.40. The molecule has 2 atom stereocenters. The Morgan fingerprint density at radius 3 is 2.15 bits per heavy atom.